The molecule has 1 heterocycles. The molecular formula is C20H17FN4O3S. The molecule has 2 amide bonds. The van der Waals surface area contributed by atoms with Crippen molar-refractivity contribution in [1.82, 2.24) is 10.2 Å². The highest BCUT2D eigenvalue weighted by molar-refractivity contribution is 7.15. The van der Waals surface area contributed by atoms with Crippen molar-refractivity contribution in [3.05, 3.63) is 64.4 Å². The molecule has 1 fully saturated rings. The molecule has 3 aromatic rings. The zero-order chi connectivity index (χ0) is 20.4. The van der Waals surface area contributed by atoms with Crippen molar-refractivity contribution in [3.63, 3.8) is 0 Å². The van der Waals surface area contributed by atoms with E-state index in [4.69, 9.17) is 4.74 Å². The van der Waals surface area contributed by atoms with Gasteiger partial charge in [0.1, 0.15) is 16.6 Å². The number of methoxy groups -OCH3 is 1. The van der Waals surface area contributed by atoms with E-state index in [9.17, 15) is 14.0 Å². The minimum atomic E-state index is -0.571. The topological polar surface area (TPSA) is 93.2 Å². The largest absolute Gasteiger partial charge is 0.497 e. The number of benzene rings is 2. The third-order valence-corrected chi connectivity index (χ3v) is 5.42. The molecule has 29 heavy (non-hydrogen) atoms. The van der Waals surface area contributed by atoms with Gasteiger partial charge in [-0.25, -0.2) is 4.39 Å². The standard InChI is InChI=1S/C20H17FN4O3S/c1-28-14-7-4-11(5-8-14)17(26)22-16-10-13(21)6-9-15(16)18(27)23-20-25-24-19(29-20)12-2-3-12/h4-10,12H,2-3H2,1H3,(H,22,26)(H,23,25,27). The van der Waals surface area contributed by atoms with Crippen LogP contribution in [0, 0.1) is 5.82 Å². The second-order valence-electron chi connectivity index (χ2n) is 6.55. The molecule has 4 rings (SSSR count). The Bertz CT molecular complexity index is 1060. The van der Waals surface area contributed by atoms with Gasteiger partial charge in [-0.15, -0.1) is 10.2 Å². The van der Waals surface area contributed by atoms with Crippen LogP contribution in [0.4, 0.5) is 15.2 Å². The van der Waals surface area contributed by atoms with Gasteiger partial charge >= 0.3 is 0 Å². The first kappa shape index (κ1) is 19.0. The molecule has 1 aliphatic carbocycles. The molecule has 0 aliphatic heterocycles. The zero-order valence-electron chi connectivity index (χ0n) is 15.4. The highest BCUT2D eigenvalue weighted by Crippen LogP contribution is 2.42. The van der Waals surface area contributed by atoms with Gasteiger partial charge in [0, 0.05) is 11.5 Å². The van der Waals surface area contributed by atoms with Gasteiger partial charge in [0.05, 0.1) is 18.4 Å². The number of amides is 2. The van der Waals surface area contributed by atoms with Crippen molar-refractivity contribution in [1.29, 1.82) is 0 Å². The number of anilines is 2. The molecule has 0 atom stereocenters. The van der Waals surface area contributed by atoms with Gasteiger partial charge in [-0.05, 0) is 55.3 Å². The minimum Gasteiger partial charge on any atom is -0.497 e. The summed E-state index contributed by atoms with van der Waals surface area (Å²) in [5.41, 5.74) is 0.534. The van der Waals surface area contributed by atoms with Crippen LogP contribution in [0.3, 0.4) is 0 Å². The van der Waals surface area contributed by atoms with E-state index in [1.807, 2.05) is 0 Å². The Morgan fingerprint density at radius 1 is 1.07 bits per heavy atom. The Balaban J connectivity index is 1.52. The van der Waals surface area contributed by atoms with E-state index in [-0.39, 0.29) is 11.3 Å². The predicted molar refractivity (Wildman–Crippen MR) is 107 cm³/mol. The Hall–Kier alpha value is -3.33. The van der Waals surface area contributed by atoms with Crippen LogP contribution in [-0.4, -0.2) is 29.1 Å². The quantitative estimate of drug-likeness (QED) is 0.637. The summed E-state index contributed by atoms with van der Waals surface area (Å²) in [6, 6.07) is 10.0. The Morgan fingerprint density at radius 3 is 2.52 bits per heavy atom. The van der Waals surface area contributed by atoms with E-state index in [1.165, 1.54) is 24.5 Å². The third kappa shape index (κ3) is 4.40. The van der Waals surface area contributed by atoms with E-state index in [0.717, 1.165) is 30.0 Å². The normalized spacial score (nSPS) is 13.0. The van der Waals surface area contributed by atoms with Crippen molar-refractivity contribution in [2.24, 2.45) is 0 Å². The van der Waals surface area contributed by atoms with E-state index >= 15 is 0 Å². The summed E-state index contributed by atoms with van der Waals surface area (Å²) in [5.74, 6) is -0.510. The Labute approximate surface area is 169 Å². The number of halogens is 1. The average Bonchev–Trinajstić information content (AvgIpc) is 3.47. The predicted octanol–water partition coefficient (Wildman–Crippen LogP) is 4.07. The molecule has 1 aliphatic rings. The molecular weight excluding hydrogens is 395 g/mol. The highest BCUT2D eigenvalue weighted by Gasteiger charge is 2.28. The highest BCUT2D eigenvalue weighted by atomic mass is 32.1. The molecule has 2 aromatic carbocycles. The van der Waals surface area contributed by atoms with Gasteiger partial charge in [-0.1, -0.05) is 11.3 Å². The second kappa shape index (κ2) is 7.96. The van der Waals surface area contributed by atoms with Gasteiger partial charge in [0.2, 0.25) is 5.13 Å². The SMILES string of the molecule is COc1ccc(C(=O)Nc2cc(F)ccc2C(=O)Nc2nnc(C3CC3)s2)cc1. The number of ether oxygens (including phenoxy) is 1. The second-order valence-corrected chi connectivity index (χ2v) is 7.56. The summed E-state index contributed by atoms with van der Waals surface area (Å²) in [6.45, 7) is 0. The molecule has 148 valence electrons. The monoisotopic (exact) mass is 412 g/mol. The summed E-state index contributed by atoms with van der Waals surface area (Å²) in [5, 5.41) is 14.6. The third-order valence-electron chi connectivity index (χ3n) is 4.41. The van der Waals surface area contributed by atoms with Crippen molar-refractivity contribution < 1.29 is 18.7 Å². The molecule has 0 radical (unpaired) electrons. The average molecular weight is 412 g/mol. The van der Waals surface area contributed by atoms with Crippen molar-refractivity contribution >= 4 is 34.0 Å². The van der Waals surface area contributed by atoms with Crippen LogP contribution in [0.25, 0.3) is 0 Å². The lowest BCUT2D eigenvalue weighted by Crippen LogP contribution is -2.18. The summed E-state index contributed by atoms with van der Waals surface area (Å²) < 4.78 is 18.8. The van der Waals surface area contributed by atoms with Gasteiger partial charge in [-0.2, -0.15) is 0 Å². The number of rotatable bonds is 6. The summed E-state index contributed by atoms with van der Waals surface area (Å²) >= 11 is 1.32. The number of nitrogens with one attached hydrogen (secondary N) is 2. The number of aromatic nitrogens is 2. The molecule has 0 unspecified atom stereocenters. The number of hydrogen-bond donors (Lipinski definition) is 2. The fourth-order valence-corrected chi connectivity index (χ4v) is 3.61. The van der Waals surface area contributed by atoms with Crippen molar-refractivity contribution in [3.8, 4) is 5.75 Å². The lowest BCUT2D eigenvalue weighted by molar-refractivity contribution is 0.102. The molecule has 0 bridgehead atoms. The van der Waals surface area contributed by atoms with E-state index in [1.54, 1.807) is 24.3 Å². The fourth-order valence-electron chi connectivity index (χ4n) is 2.70. The fraction of sp³-hybridized carbons (Fsp3) is 0.200. The Morgan fingerprint density at radius 2 is 1.83 bits per heavy atom. The van der Waals surface area contributed by atoms with Crippen LogP contribution in [-0.2, 0) is 0 Å². The van der Waals surface area contributed by atoms with Gasteiger partial charge < -0.3 is 10.1 Å². The van der Waals surface area contributed by atoms with Gasteiger partial charge in [0.25, 0.3) is 11.8 Å². The lowest BCUT2D eigenvalue weighted by Gasteiger charge is -2.11. The van der Waals surface area contributed by atoms with Gasteiger partial charge in [0.15, 0.2) is 0 Å². The van der Waals surface area contributed by atoms with Crippen LogP contribution < -0.4 is 15.4 Å². The van der Waals surface area contributed by atoms with Crippen LogP contribution in [0.5, 0.6) is 5.75 Å². The maximum absolute atomic E-state index is 13.8. The van der Waals surface area contributed by atoms with E-state index in [0.29, 0.717) is 22.4 Å². The number of carbonyl (C=O) groups is 2. The molecule has 0 saturated heterocycles. The first-order valence-electron chi connectivity index (χ1n) is 8.93. The van der Waals surface area contributed by atoms with Crippen LogP contribution in [0.2, 0.25) is 0 Å². The number of hydrogen-bond acceptors (Lipinski definition) is 6. The molecule has 1 saturated carbocycles. The smallest absolute Gasteiger partial charge is 0.259 e. The zero-order valence-corrected chi connectivity index (χ0v) is 16.3. The maximum atomic E-state index is 13.8. The molecule has 7 nitrogen and oxygen atoms in total. The van der Waals surface area contributed by atoms with E-state index in [2.05, 4.69) is 20.8 Å². The Kier molecular flexibility index (Phi) is 5.22. The molecule has 2 N–H and O–H groups in total. The maximum Gasteiger partial charge on any atom is 0.259 e. The lowest BCUT2D eigenvalue weighted by atomic mass is 10.1. The number of carbonyl (C=O) groups excluding carboxylic acids is 2. The first-order chi connectivity index (χ1) is 14.0. The van der Waals surface area contributed by atoms with Gasteiger partial charge in [-0.3, -0.25) is 14.9 Å². The van der Waals surface area contributed by atoms with Crippen molar-refractivity contribution in [2.75, 3.05) is 17.7 Å². The van der Waals surface area contributed by atoms with E-state index < -0.39 is 17.6 Å². The first-order valence-corrected chi connectivity index (χ1v) is 9.75. The number of nitrogens with zero attached hydrogens (tertiary/aromatic N) is 2. The molecule has 1 aromatic heterocycles. The molecule has 0 spiro atoms. The molecule has 9 heteroatoms. The summed E-state index contributed by atoms with van der Waals surface area (Å²) in [6.07, 6.45) is 2.17. The minimum absolute atomic E-state index is 0.0650. The summed E-state index contributed by atoms with van der Waals surface area (Å²) in [4.78, 5) is 25.2. The van der Waals surface area contributed by atoms with Crippen LogP contribution in [0.1, 0.15) is 44.5 Å². The summed E-state index contributed by atoms with van der Waals surface area (Å²) in [7, 11) is 1.53. The van der Waals surface area contributed by atoms with Crippen LogP contribution >= 0.6 is 11.3 Å². The van der Waals surface area contributed by atoms with Crippen LogP contribution in [0.15, 0.2) is 42.5 Å². The van der Waals surface area contributed by atoms with Crippen molar-refractivity contribution in [2.45, 2.75) is 18.8 Å².